The average Bonchev–Trinajstić information content (AvgIpc) is 3.14. The van der Waals surface area contributed by atoms with Gasteiger partial charge in [-0.05, 0) is 68.5 Å². The van der Waals surface area contributed by atoms with Crippen molar-refractivity contribution in [2.24, 2.45) is 11.3 Å². The molecule has 1 saturated heterocycles. The molecule has 0 unspecified atom stereocenters. The third kappa shape index (κ3) is 4.31. The molecule has 2 aliphatic rings. The number of carbonyl (C=O) groups excluding carboxylic acids is 1. The number of carbonyl (C=O) groups is 1. The summed E-state index contributed by atoms with van der Waals surface area (Å²) in [7, 11) is 0. The van der Waals surface area contributed by atoms with E-state index in [1.165, 1.54) is 11.1 Å². The molecule has 2 aromatic rings. The van der Waals surface area contributed by atoms with Gasteiger partial charge in [0.2, 0.25) is 0 Å². The monoisotopic (exact) mass is 391 g/mol. The molecule has 0 spiro atoms. The quantitative estimate of drug-likeness (QED) is 0.631. The van der Waals surface area contributed by atoms with Crippen LogP contribution in [0, 0.1) is 11.3 Å². The van der Waals surface area contributed by atoms with Crippen molar-refractivity contribution in [3.05, 3.63) is 66.2 Å². The number of amides is 1. The highest BCUT2D eigenvalue weighted by Gasteiger charge is 2.47. The van der Waals surface area contributed by atoms with E-state index in [1.807, 2.05) is 68.1 Å². The van der Waals surface area contributed by atoms with Crippen LogP contribution in [0.4, 0.5) is 4.79 Å². The van der Waals surface area contributed by atoms with Gasteiger partial charge in [0.1, 0.15) is 17.1 Å². The molecule has 1 aliphatic carbocycles. The van der Waals surface area contributed by atoms with Crippen LogP contribution in [0.25, 0.3) is 5.57 Å². The minimum absolute atomic E-state index is 0.00540. The summed E-state index contributed by atoms with van der Waals surface area (Å²) in [5.41, 5.74) is 2.13. The van der Waals surface area contributed by atoms with Crippen LogP contribution in [-0.2, 0) is 4.74 Å². The molecule has 0 bridgehead atoms. The SMILES string of the molecule is CC(C)(C)OC(=O)N1C[C@H]2CC(c3ccc(Oc4ccccc4)cc3)=C[C@@]2(C)C1. The zero-order chi connectivity index (χ0) is 20.6. The molecule has 0 saturated carbocycles. The summed E-state index contributed by atoms with van der Waals surface area (Å²) in [6, 6.07) is 18.1. The van der Waals surface area contributed by atoms with Gasteiger partial charge >= 0.3 is 6.09 Å². The maximum absolute atomic E-state index is 12.4. The normalized spacial score (nSPS) is 23.5. The van der Waals surface area contributed by atoms with Crippen LogP contribution < -0.4 is 4.74 Å². The average molecular weight is 392 g/mol. The molecule has 2 atom stereocenters. The van der Waals surface area contributed by atoms with Crippen molar-refractivity contribution in [3.63, 3.8) is 0 Å². The number of hydrogen-bond donors (Lipinski definition) is 0. The lowest BCUT2D eigenvalue weighted by Crippen LogP contribution is -2.36. The van der Waals surface area contributed by atoms with Gasteiger partial charge in [-0.15, -0.1) is 0 Å². The summed E-state index contributed by atoms with van der Waals surface area (Å²) in [6.07, 6.45) is 3.13. The van der Waals surface area contributed by atoms with Crippen LogP contribution in [0.5, 0.6) is 11.5 Å². The van der Waals surface area contributed by atoms with Gasteiger partial charge in [-0.3, -0.25) is 0 Å². The van der Waals surface area contributed by atoms with E-state index in [9.17, 15) is 4.79 Å². The first-order valence-electron chi connectivity index (χ1n) is 10.2. The van der Waals surface area contributed by atoms with Gasteiger partial charge < -0.3 is 14.4 Å². The Bertz CT molecular complexity index is 911. The van der Waals surface area contributed by atoms with Crippen molar-refractivity contribution >= 4 is 11.7 Å². The van der Waals surface area contributed by atoms with Crippen LogP contribution >= 0.6 is 0 Å². The second kappa shape index (κ2) is 7.25. The largest absolute Gasteiger partial charge is 0.457 e. The molecule has 0 radical (unpaired) electrons. The predicted octanol–water partition coefficient (Wildman–Crippen LogP) is 6.14. The number of para-hydroxylation sites is 1. The van der Waals surface area contributed by atoms with Crippen molar-refractivity contribution in [3.8, 4) is 11.5 Å². The molecular formula is C25H29NO3. The smallest absolute Gasteiger partial charge is 0.410 e. The number of fused-ring (bicyclic) bond motifs is 1. The van der Waals surface area contributed by atoms with E-state index in [4.69, 9.17) is 9.47 Å². The second-order valence-electron chi connectivity index (χ2n) is 9.38. The summed E-state index contributed by atoms with van der Waals surface area (Å²) in [6.45, 7) is 9.44. The highest BCUT2D eigenvalue weighted by atomic mass is 16.6. The summed E-state index contributed by atoms with van der Waals surface area (Å²) >= 11 is 0. The predicted molar refractivity (Wildman–Crippen MR) is 115 cm³/mol. The number of benzene rings is 2. The van der Waals surface area contributed by atoms with E-state index in [2.05, 4.69) is 25.1 Å². The lowest BCUT2D eigenvalue weighted by Gasteiger charge is -2.25. The molecule has 1 fully saturated rings. The maximum atomic E-state index is 12.4. The Morgan fingerprint density at radius 2 is 1.69 bits per heavy atom. The van der Waals surface area contributed by atoms with Gasteiger partial charge in [0.05, 0.1) is 0 Å². The first-order chi connectivity index (χ1) is 13.7. The Balaban J connectivity index is 1.43. The molecular weight excluding hydrogens is 362 g/mol. The molecule has 2 aromatic carbocycles. The molecule has 1 heterocycles. The Labute approximate surface area is 173 Å². The van der Waals surface area contributed by atoms with Crippen molar-refractivity contribution in [1.29, 1.82) is 0 Å². The molecule has 4 rings (SSSR count). The van der Waals surface area contributed by atoms with Crippen LogP contribution in [0.1, 0.15) is 39.7 Å². The Hall–Kier alpha value is -2.75. The van der Waals surface area contributed by atoms with Gasteiger partial charge in [0.25, 0.3) is 0 Å². The maximum Gasteiger partial charge on any atom is 0.410 e. The van der Waals surface area contributed by atoms with Crippen LogP contribution in [-0.4, -0.2) is 29.7 Å². The summed E-state index contributed by atoms with van der Waals surface area (Å²) in [5.74, 6) is 2.11. The van der Waals surface area contributed by atoms with E-state index in [0.717, 1.165) is 24.5 Å². The molecule has 1 aliphatic heterocycles. The summed E-state index contributed by atoms with van der Waals surface area (Å²) in [5, 5.41) is 0. The molecule has 29 heavy (non-hydrogen) atoms. The molecule has 0 N–H and O–H groups in total. The highest BCUT2D eigenvalue weighted by Crippen LogP contribution is 2.49. The molecule has 1 amide bonds. The van der Waals surface area contributed by atoms with E-state index in [0.29, 0.717) is 12.5 Å². The minimum atomic E-state index is -0.458. The van der Waals surface area contributed by atoms with E-state index >= 15 is 0 Å². The van der Waals surface area contributed by atoms with E-state index in [1.54, 1.807) is 0 Å². The van der Waals surface area contributed by atoms with Crippen LogP contribution in [0.3, 0.4) is 0 Å². The van der Waals surface area contributed by atoms with Crippen molar-refractivity contribution in [2.75, 3.05) is 13.1 Å². The third-order valence-corrected chi connectivity index (χ3v) is 5.73. The fraction of sp³-hybridized carbons (Fsp3) is 0.400. The minimum Gasteiger partial charge on any atom is -0.457 e. The highest BCUT2D eigenvalue weighted by molar-refractivity contribution is 5.73. The standard InChI is InChI=1S/C25H29NO3/c1-24(2,3)29-23(27)26-16-20-14-19(15-25(20,4)17-26)18-10-12-22(13-11-18)28-21-8-6-5-7-9-21/h5-13,15,20H,14,16-17H2,1-4H3/t20-,25+/m1/s1. The molecule has 4 nitrogen and oxygen atoms in total. The molecule has 152 valence electrons. The number of hydrogen-bond acceptors (Lipinski definition) is 3. The number of nitrogens with zero attached hydrogens (tertiary/aromatic N) is 1. The number of ether oxygens (including phenoxy) is 2. The first-order valence-corrected chi connectivity index (χ1v) is 10.2. The molecule has 0 aromatic heterocycles. The Morgan fingerprint density at radius 3 is 2.31 bits per heavy atom. The second-order valence-corrected chi connectivity index (χ2v) is 9.38. The number of allylic oxidation sites excluding steroid dienone is 1. The van der Waals surface area contributed by atoms with E-state index < -0.39 is 5.60 Å². The van der Waals surface area contributed by atoms with Gasteiger partial charge in [0, 0.05) is 18.5 Å². The fourth-order valence-electron chi connectivity index (χ4n) is 4.29. The van der Waals surface area contributed by atoms with E-state index in [-0.39, 0.29) is 11.5 Å². The Morgan fingerprint density at radius 1 is 1.03 bits per heavy atom. The van der Waals surface area contributed by atoms with Crippen molar-refractivity contribution < 1.29 is 14.3 Å². The van der Waals surface area contributed by atoms with Crippen molar-refractivity contribution in [2.45, 2.75) is 39.7 Å². The summed E-state index contributed by atoms with van der Waals surface area (Å²) in [4.78, 5) is 14.3. The zero-order valence-corrected chi connectivity index (χ0v) is 17.6. The zero-order valence-electron chi connectivity index (χ0n) is 17.6. The van der Waals surface area contributed by atoms with Crippen LogP contribution in [0.2, 0.25) is 0 Å². The number of likely N-dealkylation sites (tertiary alicyclic amines) is 1. The van der Waals surface area contributed by atoms with Gasteiger partial charge in [-0.1, -0.05) is 43.3 Å². The van der Waals surface area contributed by atoms with Crippen LogP contribution in [0.15, 0.2) is 60.7 Å². The number of rotatable bonds is 3. The lowest BCUT2D eigenvalue weighted by molar-refractivity contribution is 0.0279. The van der Waals surface area contributed by atoms with Crippen molar-refractivity contribution in [1.82, 2.24) is 4.90 Å². The fourth-order valence-corrected chi connectivity index (χ4v) is 4.29. The van der Waals surface area contributed by atoms with Gasteiger partial charge in [0.15, 0.2) is 0 Å². The lowest BCUT2D eigenvalue weighted by atomic mass is 9.83. The van der Waals surface area contributed by atoms with Gasteiger partial charge in [-0.2, -0.15) is 0 Å². The van der Waals surface area contributed by atoms with Gasteiger partial charge in [-0.25, -0.2) is 4.79 Å². The Kier molecular flexibility index (Phi) is 4.89. The topological polar surface area (TPSA) is 38.8 Å². The molecule has 4 heteroatoms. The third-order valence-electron chi connectivity index (χ3n) is 5.73. The first kappa shape index (κ1) is 19.6. The summed E-state index contributed by atoms with van der Waals surface area (Å²) < 4.78 is 11.5.